The van der Waals surface area contributed by atoms with Crippen molar-refractivity contribution in [3.05, 3.63) is 60.2 Å². The molecule has 1 saturated carbocycles. The van der Waals surface area contributed by atoms with Crippen molar-refractivity contribution >= 4 is 32.9 Å². The van der Waals surface area contributed by atoms with Gasteiger partial charge in [-0.15, -0.1) is 0 Å². The van der Waals surface area contributed by atoms with E-state index in [1.165, 1.54) is 19.2 Å². The van der Waals surface area contributed by atoms with Crippen molar-refractivity contribution in [2.24, 2.45) is 11.8 Å². The molecule has 0 atom stereocenters. The Kier molecular flexibility index (Phi) is 7.85. The number of nitrogens with one attached hydrogen (secondary N) is 3. The molecule has 4 rings (SSSR count). The molecular formula is C26H30N4O5S. The zero-order valence-corrected chi connectivity index (χ0v) is 20.8. The highest BCUT2D eigenvalue weighted by atomic mass is 32.2. The Labute approximate surface area is 210 Å². The van der Waals surface area contributed by atoms with E-state index in [2.05, 4.69) is 15.4 Å². The summed E-state index contributed by atoms with van der Waals surface area (Å²) in [6, 6.07) is 15.6. The Hall–Kier alpha value is -3.50. The second-order valence-corrected chi connectivity index (χ2v) is 11.0. The lowest BCUT2D eigenvalue weighted by Gasteiger charge is -2.28. The van der Waals surface area contributed by atoms with Gasteiger partial charge in [0.2, 0.25) is 10.0 Å². The largest absolute Gasteiger partial charge is 0.465 e. The summed E-state index contributed by atoms with van der Waals surface area (Å²) in [7, 11) is -2.18. The fourth-order valence-electron chi connectivity index (χ4n) is 4.64. The molecule has 190 valence electrons. The van der Waals surface area contributed by atoms with Gasteiger partial charge in [-0.1, -0.05) is 30.3 Å². The molecule has 0 radical (unpaired) electrons. The smallest absolute Gasteiger partial charge is 0.404 e. The van der Waals surface area contributed by atoms with E-state index in [1.54, 1.807) is 18.2 Å². The van der Waals surface area contributed by atoms with E-state index >= 15 is 0 Å². The van der Waals surface area contributed by atoms with Gasteiger partial charge >= 0.3 is 6.09 Å². The number of rotatable bonds is 8. The zero-order chi connectivity index (χ0) is 25.7. The lowest BCUT2D eigenvalue weighted by molar-refractivity contribution is 0.0942. The molecule has 4 N–H and O–H groups in total. The lowest BCUT2D eigenvalue weighted by Crippen LogP contribution is -2.34. The molecule has 2 amide bonds. The highest BCUT2D eigenvalue weighted by Gasteiger charge is 2.23. The minimum absolute atomic E-state index is 0.154. The lowest BCUT2D eigenvalue weighted by atomic mass is 9.82. The third-order valence-electron chi connectivity index (χ3n) is 6.75. The van der Waals surface area contributed by atoms with E-state index in [9.17, 15) is 18.0 Å². The van der Waals surface area contributed by atoms with Gasteiger partial charge in [0, 0.05) is 24.0 Å². The standard InChI is InChI=1S/C26H30N4O5S/c1-27-36(34,35)20-12-10-19(11-13-20)24-14-22(21-4-2-3-5-23(21)30-24)25(31)28-15-17-6-8-18(9-7-17)16-29-26(32)33/h2-5,10-14,17-18,27,29H,6-9,15-16H2,1H3,(H,28,31)(H,32,33). The number of amides is 2. The van der Waals surface area contributed by atoms with Crippen LogP contribution in [0.3, 0.4) is 0 Å². The first-order valence-electron chi connectivity index (χ1n) is 12.0. The van der Waals surface area contributed by atoms with Crippen LogP contribution in [-0.4, -0.2) is 50.6 Å². The maximum Gasteiger partial charge on any atom is 0.404 e. The number of nitrogens with zero attached hydrogens (tertiary/aromatic N) is 1. The average Bonchev–Trinajstić information content (AvgIpc) is 2.90. The van der Waals surface area contributed by atoms with Crippen LogP contribution >= 0.6 is 0 Å². The van der Waals surface area contributed by atoms with E-state index in [0.717, 1.165) is 31.1 Å². The van der Waals surface area contributed by atoms with Gasteiger partial charge in [0.05, 0.1) is 21.7 Å². The average molecular weight is 511 g/mol. The van der Waals surface area contributed by atoms with E-state index in [0.29, 0.717) is 47.3 Å². The summed E-state index contributed by atoms with van der Waals surface area (Å²) < 4.78 is 26.4. The summed E-state index contributed by atoms with van der Waals surface area (Å²) in [5.74, 6) is 0.511. The molecule has 2 aromatic carbocycles. The van der Waals surface area contributed by atoms with Gasteiger partial charge in [-0.25, -0.2) is 22.9 Å². The van der Waals surface area contributed by atoms with Gasteiger partial charge in [0.15, 0.2) is 0 Å². The molecule has 10 heteroatoms. The number of carbonyl (C=O) groups is 2. The number of aromatic nitrogens is 1. The van der Waals surface area contributed by atoms with Crippen LogP contribution in [0.15, 0.2) is 59.5 Å². The van der Waals surface area contributed by atoms with Crippen LogP contribution in [0.4, 0.5) is 4.79 Å². The second kappa shape index (κ2) is 11.0. The fraction of sp³-hybridized carbons (Fsp3) is 0.346. The van der Waals surface area contributed by atoms with Gasteiger partial charge in [0.1, 0.15) is 0 Å². The van der Waals surface area contributed by atoms with E-state index in [1.807, 2.05) is 24.3 Å². The molecule has 0 unspecified atom stereocenters. The molecular weight excluding hydrogens is 480 g/mol. The number of carbonyl (C=O) groups excluding carboxylic acids is 1. The summed E-state index contributed by atoms with van der Waals surface area (Å²) in [5, 5.41) is 15.1. The van der Waals surface area contributed by atoms with Crippen molar-refractivity contribution in [1.82, 2.24) is 20.3 Å². The minimum Gasteiger partial charge on any atom is -0.465 e. The number of benzene rings is 2. The summed E-state index contributed by atoms with van der Waals surface area (Å²) in [6.45, 7) is 1.03. The van der Waals surface area contributed by atoms with Crippen molar-refractivity contribution < 1.29 is 23.1 Å². The molecule has 1 fully saturated rings. The number of para-hydroxylation sites is 1. The Morgan fingerprint density at radius 1 is 0.944 bits per heavy atom. The van der Waals surface area contributed by atoms with E-state index < -0.39 is 16.1 Å². The first kappa shape index (κ1) is 25.6. The molecule has 1 aliphatic rings. The van der Waals surface area contributed by atoms with Gasteiger partial charge in [0.25, 0.3) is 5.91 Å². The van der Waals surface area contributed by atoms with Gasteiger partial charge in [-0.3, -0.25) is 4.79 Å². The van der Waals surface area contributed by atoms with Crippen LogP contribution in [-0.2, 0) is 10.0 Å². The summed E-state index contributed by atoms with van der Waals surface area (Å²) in [4.78, 5) is 28.8. The van der Waals surface area contributed by atoms with Gasteiger partial charge in [-0.2, -0.15) is 0 Å². The van der Waals surface area contributed by atoms with Crippen molar-refractivity contribution in [3.63, 3.8) is 0 Å². The predicted molar refractivity (Wildman–Crippen MR) is 137 cm³/mol. The maximum absolute atomic E-state index is 13.2. The van der Waals surface area contributed by atoms with Gasteiger partial charge < -0.3 is 15.7 Å². The molecule has 1 heterocycles. The summed E-state index contributed by atoms with van der Waals surface area (Å²) >= 11 is 0. The zero-order valence-electron chi connectivity index (χ0n) is 20.0. The number of hydrogen-bond donors (Lipinski definition) is 4. The molecule has 0 aliphatic heterocycles. The molecule has 36 heavy (non-hydrogen) atoms. The van der Waals surface area contributed by atoms with E-state index in [4.69, 9.17) is 10.1 Å². The number of fused-ring (bicyclic) bond motifs is 1. The molecule has 0 spiro atoms. The predicted octanol–water partition coefficient (Wildman–Crippen LogP) is 3.61. The van der Waals surface area contributed by atoms with Crippen molar-refractivity contribution in [2.75, 3.05) is 20.1 Å². The van der Waals surface area contributed by atoms with Crippen LogP contribution < -0.4 is 15.4 Å². The molecule has 3 aromatic rings. The molecule has 1 aromatic heterocycles. The van der Waals surface area contributed by atoms with E-state index in [-0.39, 0.29) is 10.8 Å². The van der Waals surface area contributed by atoms with Crippen molar-refractivity contribution in [1.29, 1.82) is 0 Å². The third kappa shape index (κ3) is 6.00. The topological polar surface area (TPSA) is 137 Å². The molecule has 0 bridgehead atoms. The Bertz CT molecular complexity index is 1350. The first-order chi connectivity index (χ1) is 17.3. The highest BCUT2D eigenvalue weighted by molar-refractivity contribution is 7.89. The van der Waals surface area contributed by atoms with Gasteiger partial charge in [-0.05, 0) is 68.8 Å². The van der Waals surface area contributed by atoms with Crippen LogP contribution in [0.2, 0.25) is 0 Å². The fourth-order valence-corrected chi connectivity index (χ4v) is 5.37. The van der Waals surface area contributed by atoms with Crippen LogP contribution in [0.25, 0.3) is 22.2 Å². The molecule has 9 nitrogen and oxygen atoms in total. The van der Waals surface area contributed by atoms with Crippen LogP contribution in [0.5, 0.6) is 0 Å². The number of sulfonamides is 1. The highest BCUT2D eigenvalue weighted by Crippen LogP contribution is 2.29. The SMILES string of the molecule is CNS(=O)(=O)c1ccc(-c2cc(C(=O)NCC3CCC(CNC(=O)O)CC3)c3ccccc3n2)cc1. The normalized spacial score (nSPS) is 18.0. The number of pyridine rings is 1. The molecule has 1 aliphatic carbocycles. The second-order valence-electron chi connectivity index (χ2n) is 9.09. The summed E-state index contributed by atoms with van der Waals surface area (Å²) in [5.41, 5.74) is 2.48. The van der Waals surface area contributed by atoms with Crippen molar-refractivity contribution in [3.8, 4) is 11.3 Å². The minimum atomic E-state index is -3.55. The summed E-state index contributed by atoms with van der Waals surface area (Å²) in [6.07, 6.45) is 2.75. The van der Waals surface area contributed by atoms with Crippen LogP contribution in [0, 0.1) is 11.8 Å². The third-order valence-corrected chi connectivity index (χ3v) is 8.18. The van der Waals surface area contributed by atoms with Crippen molar-refractivity contribution in [2.45, 2.75) is 30.6 Å². The number of hydrogen-bond acceptors (Lipinski definition) is 5. The number of carboxylic acid groups (broad SMARTS) is 1. The monoisotopic (exact) mass is 510 g/mol. The Morgan fingerprint density at radius 3 is 2.17 bits per heavy atom. The Morgan fingerprint density at radius 2 is 1.56 bits per heavy atom. The molecule has 0 saturated heterocycles. The first-order valence-corrected chi connectivity index (χ1v) is 13.4. The maximum atomic E-state index is 13.2. The Balaban J connectivity index is 1.49. The van der Waals surface area contributed by atoms with Crippen LogP contribution in [0.1, 0.15) is 36.0 Å². The quantitative estimate of drug-likeness (QED) is 0.365.